The summed E-state index contributed by atoms with van der Waals surface area (Å²) in [5.74, 6) is 0.385. The van der Waals surface area contributed by atoms with Crippen molar-refractivity contribution >= 4 is 23.1 Å². The number of rotatable bonds is 2. The van der Waals surface area contributed by atoms with Gasteiger partial charge < -0.3 is 16.4 Å². The largest absolute Gasteiger partial charge is 0.380 e. The summed E-state index contributed by atoms with van der Waals surface area (Å²) in [5, 5.41) is 14.0. The molecule has 1 aromatic rings. The molecule has 2 rings (SSSR count). The van der Waals surface area contributed by atoms with E-state index >= 15 is 0 Å². The first-order valence-electron chi connectivity index (χ1n) is 4.01. The van der Waals surface area contributed by atoms with E-state index < -0.39 is 0 Å². The van der Waals surface area contributed by atoms with E-state index in [1.165, 1.54) is 0 Å². The number of hydrogen-bond acceptors (Lipinski definition) is 5. The van der Waals surface area contributed by atoms with Crippen LogP contribution in [0.4, 0.5) is 11.5 Å². The molecule has 1 aliphatic rings. The minimum atomic E-state index is 0.351. The van der Waals surface area contributed by atoms with E-state index in [0.29, 0.717) is 17.0 Å². The molecule has 1 fully saturated rings. The molecule has 2 heterocycles. The first-order chi connectivity index (χ1) is 6.25. The lowest BCUT2D eigenvalue weighted by Crippen LogP contribution is -2.51. The van der Waals surface area contributed by atoms with Gasteiger partial charge in [-0.2, -0.15) is 0 Å². The van der Waals surface area contributed by atoms with Crippen LogP contribution in [-0.2, 0) is 0 Å². The molecule has 1 aromatic heterocycles. The molecule has 1 aliphatic heterocycles. The van der Waals surface area contributed by atoms with Crippen molar-refractivity contribution in [3.8, 4) is 0 Å². The summed E-state index contributed by atoms with van der Waals surface area (Å²) in [6.45, 7) is 1.89. The molecule has 5 nitrogen and oxygen atoms in total. The molecule has 0 radical (unpaired) electrons. The molecule has 0 saturated carbocycles. The molecule has 6 heteroatoms. The number of nitrogen functional groups attached to an aromatic ring is 1. The van der Waals surface area contributed by atoms with Crippen molar-refractivity contribution in [3.63, 3.8) is 0 Å². The maximum atomic E-state index is 5.68. The standard InChI is InChI=1S/C7H10ClN5/c8-6-1-5(7(9)13-12-6)11-4-2-10-3-4/h1,4,10H,2-3H2,(H2,9,13)(H,11,12). The second kappa shape index (κ2) is 3.35. The van der Waals surface area contributed by atoms with Crippen molar-refractivity contribution in [1.82, 2.24) is 15.5 Å². The Labute approximate surface area is 80.7 Å². The van der Waals surface area contributed by atoms with Crippen LogP contribution in [0, 0.1) is 0 Å². The van der Waals surface area contributed by atoms with Gasteiger partial charge in [0.25, 0.3) is 0 Å². The van der Waals surface area contributed by atoms with Gasteiger partial charge in [-0.3, -0.25) is 0 Å². The van der Waals surface area contributed by atoms with Gasteiger partial charge in [0.15, 0.2) is 11.0 Å². The SMILES string of the molecule is Nc1nnc(Cl)cc1NC1CNC1. The Bertz CT molecular complexity index is 312. The summed E-state index contributed by atoms with van der Waals surface area (Å²) in [6.07, 6.45) is 0. The lowest BCUT2D eigenvalue weighted by molar-refractivity contribution is 0.472. The van der Waals surface area contributed by atoms with Gasteiger partial charge in [0.05, 0.1) is 11.7 Å². The fourth-order valence-corrected chi connectivity index (χ4v) is 1.25. The Morgan fingerprint density at radius 1 is 1.54 bits per heavy atom. The molecule has 0 atom stereocenters. The molecule has 0 aromatic carbocycles. The average Bonchev–Trinajstić information content (AvgIpc) is 2.03. The van der Waals surface area contributed by atoms with Crippen LogP contribution in [0.3, 0.4) is 0 Å². The second-order valence-electron chi connectivity index (χ2n) is 2.97. The number of nitrogens with zero attached hydrogens (tertiary/aromatic N) is 2. The van der Waals surface area contributed by atoms with Crippen molar-refractivity contribution in [3.05, 3.63) is 11.2 Å². The zero-order valence-electron chi connectivity index (χ0n) is 6.92. The fourth-order valence-electron chi connectivity index (χ4n) is 1.10. The van der Waals surface area contributed by atoms with Crippen LogP contribution in [0.1, 0.15) is 0 Å². The van der Waals surface area contributed by atoms with Crippen molar-refractivity contribution < 1.29 is 0 Å². The van der Waals surface area contributed by atoms with Crippen LogP contribution in [0.15, 0.2) is 6.07 Å². The van der Waals surface area contributed by atoms with E-state index in [-0.39, 0.29) is 0 Å². The van der Waals surface area contributed by atoms with Gasteiger partial charge in [-0.05, 0) is 0 Å². The van der Waals surface area contributed by atoms with E-state index in [1.807, 2.05) is 0 Å². The number of nitrogens with one attached hydrogen (secondary N) is 2. The topological polar surface area (TPSA) is 75.9 Å². The Morgan fingerprint density at radius 2 is 2.31 bits per heavy atom. The smallest absolute Gasteiger partial charge is 0.169 e. The van der Waals surface area contributed by atoms with Crippen LogP contribution in [0.25, 0.3) is 0 Å². The highest BCUT2D eigenvalue weighted by molar-refractivity contribution is 6.29. The molecule has 0 bridgehead atoms. The third-order valence-corrected chi connectivity index (χ3v) is 2.12. The van der Waals surface area contributed by atoms with Crippen molar-refractivity contribution in [2.75, 3.05) is 24.1 Å². The van der Waals surface area contributed by atoms with Gasteiger partial charge in [0.1, 0.15) is 0 Å². The predicted octanol–water partition coefficient (Wildman–Crippen LogP) is 0.0959. The number of aromatic nitrogens is 2. The molecule has 0 amide bonds. The second-order valence-corrected chi connectivity index (χ2v) is 3.35. The van der Waals surface area contributed by atoms with Crippen LogP contribution < -0.4 is 16.4 Å². The minimum Gasteiger partial charge on any atom is -0.380 e. The molecule has 0 spiro atoms. The van der Waals surface area contributed by atoms with Crippen LogP contribution >= 0.6 is 11.6 Å². The van der Waals surface area contributed by atoms with E-state index in [2.05, 4.69) is 20.8 Å². The Balaban J connectivity index is 2.13. The highest BCUT2D eigenvalue weighted by Gasteiger charge is 2.17. The summed E-state index contributed by atoms with van der Waals surface area (Å²) >= 11 is 5.68. The van der Waals surface area contributed by atoms with Gasteiger partial charge in [0, 0.05) is 19.2 Å². The monoisotopic (exact) mass is 199 g/mol. The highest BCUT2D eigenvalue weighted by Crippen LogP contribution is 2.19. The third kappa shape index (κ3) is 1.81. The maximum absolute atomic E-state index is 5.68. The summed E-state index contributed by atoms with van der Waals surface area (Å²) in [6, 6.07) is 2.10. The van der Waals surface area contributed by atoms with Gasteiger partial charge in [-0.25, -0.2) is 0 Å². The summed E-state index contributed by atoms with van der Waals surface area (Å²) in [5.41, 5.74) is 6.36. The summed E-state index contributed by atoms with van der Waals surface area (Å²) < 4.78 is 0. The first-order valence-corrected chi connectivity index (χ1v) is 4.39. The number of anilines is 2. The normalized spacial score (nSPS) is 16.7. The van der Waals surface area contributed by atoms with Crippen molar-refractivity contribution in [2.45, 2.75) is 6.04 Å². The Morgan fingerprint density at radius 3 is 2.92 bits per heavy atom. The lowest BCUT2D eigenvalue weighted by Gasteiger charge is -2.29. The van der Waals surface area contributed by atoms with Gasteiger partial charge in [0.2, 0.25) is 0 Å². The van der Waals surface area contributed by atoms with E-state index in [1.54, 1.807) is 6.07 Å². The van der Waals surface area contributed by atoms with Gasteiger partial charge in [-0.1, -0.05) is 11.6 Å². The van der Waals surface area contributed by atoms with Gasteiger partial charge in [-0.15, -0.1) is 10.2 Å². The molecule has 13 heavy (non-hydrogen) atoms. The zero-order chi connectivity index (χ0) is 9.26. The van der Waals surface area contributed by atoms with Crippen LogP contribution in [0.5, 0.6) is 0 Å². The molecule has 70 valence electrons. The molecular formula is C7H10ClN5. The van der Waals surface area contributed by atoms with Crippen LogP contribution in [0.2, 0.25) is 5.15 Å². The first kappa shape index (κ1) is 8.52. The zero-order valence-corrected chi connectivity index (χ0v) is 7.67. The fraction of sp³-hybridized carbons (Fsp3) is 0.429. The van der Waals surface area contributed by atoms with Crippen LogP contribution in [-0.4, -0.2) is 29.3 Å². The maximum Gasteiger partial charge on any atom is 0.169 e. The molecule has 1 saturated heterocycles. The Hall–Kier alpha value is -1.07. The quantitative estimate of drug-likeness (QED) is 0.630. The molecule has 4 N–H and O–H groups in total. The summed E-state index contributed by atoms with van der Waals surface area (Å²) in [7, 11) is 0. The minimum absolute atomic E-state index is 0.351. The number of nitrogens with two attached hydrogens (primary N) is 1. The van der Waals surface area contributed by atoms with Gasteiger partial charge >= 0.3 is 0 Å². The van der Waals surface area contributed by atoms with E-state index in [9.17, 15) is 0 Å². The van der Waals surface area contributed by atoms with Crippen molar-refractivity contribution in [2.24, 2.45) is 0 Å². The molecule has 0 unspecified atom stereocenters. The Kier molecular flexibility index (Phi) is 2.20. The number of hydrogen-bond donors (Lipinski definition) is 3. The van der Waals surface area contributed by atoms with Crippen molar-refractivity contribution in [1.29, 1.82) is 0 Å². The van der Waals surface area contributed by atoms with E-state index in [4.69, 9.17) is 17.3 Å². The predicted molar refractivity (Wildman–Crippen MR) is 51.7 cm³/mol. The van der Waals surface area contributed by atoms with E-state index in [0.717, 1.165) is 18.8 Å². The molecule has 0 aliphatic carbocycles. The summed E-state index contributed by atoms with van der Waals surface area (Å²) in [4.78, 5) is 0. The number of halogens is 1. The average molecular weight is 200 g/mol. The lowest BCUT2D eigenvalue weighted by atomic mass is 10.2. The third-order valence-electron chi connectivity index (χ3n) is 1.93. The molecular weight excluding hydrogens is 190 g/mol. The highest BCUT2D eigenvalue weighted by atomic mass is 35.5.